The second-order valence-electron chi connectivity index (χ2n) is 5.11. The predicted octanol–water partition coefficient (Wildman–Crippen LogP) is 3.25. The highest BCUT2D eigenvalue weighted by Crippen LogP contribution is 2.30. The molecule has 2 aromatic rings. The largest absolute Gasteiger partial charge is 0.462 e. The number of esters is 1. The maximum absolute atomic E-state index is 11.7. The lowest BCUT2D eigenvalue weighted by Gasteiger charge is -2.26. The fourth-order valence-electron chi connectivity index (χ4n) is 1.94. The van der Waals surface area contributed by atoms with Gasteiger partial charge in [-0.05, 0) is 39.0 Å². The molecule has 0 bridgehead atoms. The van der Waals surface area contributed by atoms with Gasteiger partial charge in [-0.2, -0.15) is 0 Å². The summed E-state index contributed by atoms with van der Waals surface area (Å²) in [6.07, 6.45) is 1.77. The van der Waals surface area contributed by atoms with Crippen molar-refractivity contribution in [3.8, 4) is 0 Å². The molecule has 112 valence electrons. The van der Waals surface area contributed by atoms with Gasteiger partial charge < -0.3 is 15.8 Å². The van der Waals surface area contributed by atoms with Gasteiger partial charge in [0.25, 0.3) is 0 Å². The Morgan fingerprint density at radius 3 is 2.81 bits per heavy atom. The first-order valence-electron chi connectivity index (χ1n) is 6.69. The average Bonchev–Trinajstić information content (AvgIpc) is 2.96. The number of nitrogens with two attached hydrogens (primary N) is 1. The standard InChI is InChI=1S/C15H19N3O2S/c1-4-20-13(19)10-5-6-12(11(16)9-10)18-15(2,3)14-17-7-8-21-14/h5-9,18H,4,16H2,1-3H3. The summed E-state index contributed by atoms with van der Waals surface area (Å²) in [5, 5.41) is 6.26. The van der Waals surface area contributed by atoms with Crippen molar-refractivity contribution < 1.29 is 9.53 Å². The number of ether oxygens (including phenoxy) is 1. The number of rotatable bonds is 5. The molecule has 0 atom stereocenters. The first kappa shape index (κ1) is 15.3. The molecule has 2 rings (SSSR count). The van der Waals surface area contributed by atoms with Gasteiger partial charge in [-0.3, -0.25) is 0 Å². The van der Waals surface area contributed by atoms with Gasteiger partial charge >= 0.3 is 5.97 Å². The molecule has 0 radical (unpaired) electrons. The van der Waals surface area contributed by atoms with Gasteiger partial charge in [0.15, 0.2) is 0 Å². The molecule has 1 aromatic heterocycles. The molecule has 1 heterocycles. The van der Waals surface area contributed by atoms with Gasteiger partial charge in [0.05, 0.1) is 29.1 Å². The number of benzene rings is 1. The summed E-state index contributed by atoms with van der Waals surface area (Å²) >= 11 is 1.58. The summed E-state index contributed by atoms with van der Waals surface area (Å²) in [4.78, 5) is 16.0. The molecular weight excluding hydrogens is 286 g/mol. The van der Waals surface area contributed by atoms with Crippen LogP contribution in [-0.2, 0) is 10.3 Å². The van der Waals surface area contributed by atoms with Gasteiger partial charge in [0.1, 0.15) is 5.01 Å². The van der Waals surface area contributed by atoms with E-state index in [-0.39, 0.29) is 11.5 Å². The van der Waals surface area contributed by atoms with Crippen LogP contribution < -0.4 is 11.1 Å². The van der Waals surface area contributed by atoms with E-state index in [1.807, 2.05) is 19.2 Å². The molecular formula is C15H19N3O2S. The molecule has 0 fully saturated rings. The lowest BCUT2D eigenvalue weighted by atomic mass is 10.1. The fourth-order valence-corrected chi connectivity index (χ4v) is 2.66. The van der Waals surface area contributed by atoms with Crippen LogP contribution in [0.4, 0.5) is 11.4 Å². The second-order valence-corrected chi connectivity index (χ2v) is 6.00. The monoisotopic (exact) mass is 305 g/mol. The maximum Gasteiger partial charge on any atom is 0.338 e. The highest BCUT2D eigenvalue weighted by molar-refractivity contribution is 7.09. The summed E-state index contributed by atoms with van der Waals surface area (Å²) in [5.74, 6) is -0.366. The van der Waals surface area contributed by atoms with Crippen molar-refractivity contribution in [3.63, 3.8) is 0 Å². The Morgan fingerprint density at radius 2 is 2.24 bits per heavy atom. The van der Waals surface area contributed by atoms with Crippen LogP contribution in [-0.4, -0.2) is 17.6 Å². The molecule has 0 saturated carbocycles. The lowest BCUT2D eigenvalue weighted by molar-refractivity contribution is 0.0526. The van der Waals surface area contributed by atoms with Crippen molar-refractivity contribution >= 4 is 28.7 Å². The third kappa shape index (κ3) is 3.52. The van der Waals surface area contributed by atoms with Gasteiger partial charge in [-0.1, -0.05) is 0 Å². The Kier molecular flexibility index (Phi) is 4.47. The molecule has 1 aromatic carbocycles. The van der Waals surface area contributed by atoms with Crippen LogP contribution in [0.5, 0.6) is 0 Å². The van der Waals surface area contributed by atoms with Crippen LogP contribution in [0.25, 0.3) is 0 Å². The van der Waals surface area contributed by atoms with Crippen molar-refractivity contribution in [3.05, 3.63) is 40.3 Å². The number of nitrogens with one attached hydrogen (secondary N) is 1. The fraction of sp³-hybridized carbons (Fsp3) is 0.333. The third-order valence-electron chi connectivity index (χ3n) is 2.98. The van der Waals surface area contributed by atoms with E-state index >= 15 is 0 Å². The lowest BCUT2D eigenvalue weighted by Crippen LogP contribution is -2.28. The Labute approximate surface area is 128 Å². The third-order valence-corrected chi connectivity index (χ3v) is 4.07. The highest BCUT2D eigenvalue weighted by Gasteiger charge is 2.24. The van der Waals surface area contributed by atoms with Crippen molar-refractivity contribution in [2.24, 2.45) is 0 Å². The van der Waals surface area contributed by atoms with Crippen molar-refractivity contribution in [1.82, 2.24) is 4.98 Å². The summed E-state index contributed by atoms with van der Waals surface area (Å²) in [7, 11) is 0. The van der Waals surface area contributed by atoms with E-state index in [9.17, 15) is 4.79 Å². The number of hydrogen-bond donors (Lipinski definition) is 2. The Bertz CT molecular complexity index is 624. The van der Waals surface area contributed by atoms with E-state index in [2.05, 4.69) is 10.3 Å². The van der Waals surface area contributed by atoms with E-state index < -0.39 is 0 Å². The van der Waals surface area contributed by atoms with Crippen molar-refractivity contribution in [2.45, 2.75) is 26.3 Å². The first-order valence-corrected chi connectivity index (χ1v) is 7.57. The minimum absolute atomic E-state index is 0.340. The first-order chi connectivity index (χ1) is 9.94. The van der Waals surface area contributed by atoms with E-state index in [4.69, 9.17) is 10.5 Å². The van der Waals surface area contributed by atoms with E-state index in [1.54, 1.807) is 42.7 Å². The Balaban J connectivity index is 2.20. The van der Waals surface area contributed by atoms with Gasteiger partial charge in [0.2, 0.25) is 0 Å². The number of carbonyl (C=O) groups is 1. The second kappa shape index (κ2) is 6.13. The van der Waals surface area contributed by atoms with E-state index in [0.29, 0.717) is 17.9 Å². The molecule has 6 heteroatoms. The normalized spacial score (nSPS) is 11.2. The molecule has 3 N–H and O–H groups in total. The molecule has 21 heavy (non-hydrogen) atoms. The van der Waals surface area contributed by atoms with Crippen molar-refractivity contribution in [2.75, 3.05) is 17.7 Å². The zero-order valence-corrected chi connectivity index (χ0v) is 13.2. The topological polar surface area (TPSA) is 77.2 Å². The molecule has 5 nitrogen and oxygen atoms in total. The maximum atomic E-state index is 11.7. The van der Waals surface area contributed by atoms with Crippen LogP contribution in [0.1, 0.15) is 36.1 Å². The van der Waals surface area contributed by atoms with Crippen LogP contribution >= 0.6 is 11.3 Å². The molecule has 0 aliphatic heterocycles. The van der Waals surface area contributed by atoms with Crippen LogP contribution in [0, 0.1) is 0 Å². The number of aromatic nitrogens is 1. The number of nitrogen functional groups attached to an aromatic ring is 1. The minimum atomic E-state index is -0.366. The SMILES string of the molecule is CCOC(=O)c1ccc(NC(C)(C)c2nccs2)c(N)c1. The molecule has 0 unspecified atom stereocenters. The van der Waals surface area contributed by atoms with E-state index in [1.165, 1.54) is 0 Å². The van der Waals surface area contributed by atoms with Gasteiger partial charge in [-0.15, -0.1) is 11.3 Å². The highest BCUT2D eigenvalue weighted by atomic mass is 32.1. The summed E-state index contributed by atoms with van der Waals surface area (Å²) < 4.78 is 4.96. The molecule has 0 saturated heterocycles. The van der Waals surface area contributed by atoms with Crippen LogP contribution in [0.2, 0.25) is 0 Å². The molecule has 0 amide bonds. The zero-order valence-electron chi connectivity index (χ0n) is 12.3. The summed E-state index contributed by atoms with van der Waals surface area (Å²) in [6, 6.07) is 5.11. The molecule has 0 spiro atoms. The predicted molar refractivity (Wildman–Crippen MR) is 85.6 cm³/mol. The Morgan fingerprint density at radius 1 is 1.48 bits per heavy atom. The number of carbonyl (C=O) groups excluding carboxylic acids is 1. The Hall–Kier alpha value is -2.08. The quantitative estimate of drug-likeness (QED) is 0.655. The van der Waals surface area contributed by atoms with Crippen LogP contribution in [0.15, 0.2) is 29.8 Å². The molecule has 0 aliphatic rings. The number of hydrogen-bond acceptors (Lipinski definition) is 6. The van der Waals surface area contributed by atoms with Crippen LogP contribution in [0.3, 0.4) is 0 Å². The number of nitrogens with zero attached hydrogens (tertiary/aromatic N) is 1. The zero-order chi connectivity index (χ0) is 15.5. The van der Waals surface area contributed by atoms with E-state index in [0.717, 1.165) is 10.7 Å². The minimum Gasteiger partial charge on any atom is -0.462 e. The average molecular weight is 305 g/mol. The van der Waals surface area contributed by atoms with Gasteiger partial charge in [0, 0.05) is 11.6 Å². The number of anilines is 2. The summed E-state index contributed by atoms with van der Waals surface area (Å²) in [5.41, 5.74) is 7.41. The summed E-state index contributed by atoms with van der Waals surface area (Å²) in [6.45, 7) is 6.18. The number of thiazole rings is 1. The van der Waals surface area contributed by atoms with Crippen molar-refractivity contribution in [1.29, 1.82) is 0 Å². The molecule has 0 aliphatic carbocycles. The van der Waals surface area contributed by atoms with Gasteiger partial charge in [-0.25, -0.2) is 9.78 Å². The smallest absolute Gasteiger partial charge is 0.338 e.